The van der Waals surface area contributed by atoms with Gasteiger partial charge in [-0.05, 0) is 49.1 Å². The third-order valence-electron chi connectivity index (χ3n) is 6.68. The molecule has 5 rings (SSSR count). The van der Waals surface area contributed by atoms with Crippen molar-refractivity contribution in [3.8, 4) is 22.6 Å². The van der Waals surface area contributed by atoms with Gasteiger partial charge in [0.2, 0.25) is 0 Å². The molecule has 188 valence electrons. The first kappa shape index (κ1) is 24.4. The van der Waals surface area contributed by atoms with Crippen LogP contribution in [0.5, 0.6) is 11.5 Å². The van der Waals surface area contributed by atoms with Gasteiger partial charge in [0, 0.05) is 29.8 Å². The maximum Gasteiger partial charge on any atom is 0.165 e. The molecule has 0 bridgehead atoms. The first-order valence-electron chi connectivity index (χ1n) is 12.5. The lowest BCUT2D eigenvalue weighted by Crippen LogP contribution is -2.14. The zero-order valence-electron chi connectivity index (χ0n) is 21.8. The molecule has 2 aromatic heterocycles. The highest BCUT2D eigenvalue weighted by Gasteiger charge is 2.20. The topological polar surface area (TPSA) is 60.7 Å². The predicted molar refractivity (Wildman–Crippen MR) is 149 cm³/mol. The Morgan fingerprint density at radius 3 is 2.19 bits per heavy atom. The van der Waals surface area contributed by atoms with Crippen LogP contribution < -0.4 is 14.8 Å². The monoisotopic (exact) mass is 492 g/mol. The van der Waals surface area contributed by atoms with Crippen LogP contribution in [0.15, 0.2) is 78.9 Å². The molecule has 0 aliphatic carbocycles. The fraction of sp³-hybridized carbons (Fsp3) is 0.226. The largest absolute Gasteiger partial charge is 0.493 e. The van der Waals surface area contributed by atoms with Gasteiger partial charge in [-0.1, -0.05) is 66.7 Å². The fourth-order valence-electron chi connectivity index (χ4n) is 4.80. The summed E-state index contributed by atoms with van der Waals surface area (Å²) in [4.78, 5) is 5.07. The Morgan fingerprint density at radius 1 is 0.784 bits per heavy atom. The van der Waals surface area contributed by atoms with Crippen molar-refractivity contribution in [3.05, 3.63) is 107 Å². The summed E-state index contributed by atoms with van der Waals surface area (Å²) in [5.74, 6) is 2.45. The van der Waals surface area contributed by atoms with Crippen molar-refractivity contribution in [1.82, 2.24) is 14.6 Å². The zero-order chi connectivity index (χ0) is 25.8. The van der Waals surface area contributed by atoms with Crippen molar-refractivity contribution in [3.63, 3.8) is 0 Å². The van der Waals surface area contributed by atoms with E-state index >= 15 is 0 Å². The third-order valence-corrected chi connectivity index (χ3v) is 6.68. The molecule has 5 aromatic rings. The third kappa shape index (κ3) is 5.00. The molecule has 1 N–H and O–H groups in total. The Labute approximate surface area is 217 Å². The van der Waals surface area contributed by atoms with Gasteiger partial charge in [-0.2, -0.15) is 9.61 Å². The number of benzene rings is 3. The van der Waals surface area contributed by atoms with Crippen LogP contribution in [0.2, 0.25) is 0 Å². The van der Waals surface area contributed by atoms with Crippen LogP contribution in [0, 0.1) is 13.8 Å². The average molecular weight is 493 g/mol. The van der Waals surface area contributed by atoms with E-state index < -0.39 is 0 Å². The van der Waals surface area contributed by atoms with Gasteiger partial charge >= 0.3 is 0 Å². The summed E-state index contributed by atoms with van der Waals surface area (Å²) in [6, 6.07) is 26.9. The minimum atomic E-state index is 0.732. The number of methoxy groups -OCH3 is 2. The van der Waals surface area contributed by atoms with E-state index in [0.717, 1.165) is 70.4 Å². The summed E-state index contributed by atoms with van der Waals surface area (Å²) in [7, 11) is 3.32. The number of aromatic nitrogens is 3. The molecule has 0 spiro atoms. The van der Waals surface area contributed by atoms with Crippen molar-refractivity contribution in [2.24, 2.45) is 0 Å². The molecular weight excluding hydrogens is 460 g/mol. The Balaban J connectivity index is 1.54. The first-order chi connectivity index (χ1) is 18.1. The van der Waals surface area contributed by atoms with Gasteiger partial charge in [0.05, 0.1) is 19.9 Å². The zero-order valence-corrected chi connectivity index (χ0v) is 21.8. The minimum Gasteiger partial charge on any atom is -0.493 e. The van der Waals surface area contributed by atoms with Crippen molar-refractivity contribution in [1.29, 1.82) is 0 Å². The van der Waals surface area contributed by atoms with Gasteiger partial charge in [0.1, 0.15) is 5.82 Å². The number of ether oxygens (including phenoxy) is 2. The minimum absolute atomic E-state index is 0.732. The second-order valence-corrected chi connectivity index (χ2v) is 9.11. The van der Waals surface area contributed by atoms with Crippen molar-refractivity contribution in [2.75, 3.05) is 26.1 Å². The summed E-state index contributed by atoms with van der Waals surface area (Å²) in [6.45, 7) is 4.88. The van der Waals surface area contributed by atoms with E-state index in [1.54, 1.807) is 14.2 Å². The van der Waals surface area contributed by atoms with Crippen LogP contribution in [0.1, 0.15) is 28.1 Å². The average Bonchev–Trinajstić information content (AvgIpc) is 3.26. The molecule has 0 fully saturated rings. The molecule has 37 heavy (non-hydrogen) atoms. The second kappa shape index (κ2) is 10.7. The molecule has 0 aliphatic rings. The molecule has 3 aromatic carbocycles. The molecule has 0 radical (unpaired) electrons. The number of fused-ring (bicyclic) bond motifs is 1. The van der Waals surface area contributed by atoms with E-state index in [-0.39, 0.29) is 0 Å². The number of nitrogens with one attached hydrogen (secondary N) is 1. The lowest BCUT2D eigenvalue weighted by atomic mass is 10.0. The van der Waals surface area contributed by atoms with Gasteiger partial charge in [0.25, 0.3) is 0 Å². The number of hydrogen-bond donors (Lipinski definition) is 1. The van der Waals surface area contributed by atoms with Crippen molar-refractivity contribution in [2.45, 2.75) is 26.7 Å². The van der Waals surface area contributed by atoms with Crippen molar-refractivity contribution < 1.29 is 9.47 Å². The molecule has 0 aliphatic heterocycles. The van der Waals surface area contributed by atoms with E-state index in [9.17, 15) is 0 Å². The van der Waals surface area contributed by atoms with Crippen LogP contribution in [0.3, 0.4) is 0 Å². The van der Waals surface area contributed by atoms with Gasteiger partial charge in [-0.25, -0.2) is 4.98 Å². The highest BCUT2D eigenvalue weighted by Crippen LogP contribution is 2.32. The molecule has 0 saturated carbocycles. The highest BCUT2D eigenvalue weighted by atomic mass is 16.5. The summed E-state index contributed by atoms with van der Waals surface area (Å²) in [5, 5.41) is 8.68. The van der Waals surface area contributed by atoms with E-state index in [4.69, 9.17) is 19.6 Å². The highest BCUT2D eigenvalue weighted by molar-refractivity contribution is 5.81. The van der Waals surface area contributed by atoms with Crippen LogP contribution in [0.4, 0.5) is 5.82 Å². The predicted octanol–water partition coefficient (Wildman–Crippen LogP) is 6.28. The molecule has 0 amide bonds. The maximum atomic E-state index is 5.49. The maximum absolute atomic E-state index is 5.49. The lowest BCUT2D eigenvalue weighted by molar-refractivity contribution is 0.354. The number of hydrogen-bond acceptors (Lipinski definition) is 5. The molecule has 6 nitrogen and oxygen atoms in total. The van der Waals surface area contributed by atoms with E-state index in [1.807, 2.05) is 28.8 Å². The van der Waals surface area contributed by atoms with Crippen molar-refractivity contribution >= 4 is 11.5 Å². The van der Waals surface area contributed by atoms with Crippen LogP contribution in [0.25, 0.3) is 16.8 Å². The Morgan fingerprint density at radius 2 is 1.49 bits per heavy atom. The Bertz CT molecular complexity index is 1510. The second-order valence-electron chi connectivity index (χ2n) is 9.11. The van der Waals surface area contributed by atoms with Crippen LogP contribution in [-0.2, 0) is 12.8 Å². The van der Waals surface area contributed by atoms with E-state index in [1.165, 1.54) is 11.1 Å². The van der Waals surface area contributed by atoms with Gasteiger partial charge in [0.15, 0.2) is 17.1 Å². The standard InChI is InChI=1S/C31H32N4O2/c1-21-26(19-23-11-7-5-8-12-23)30(32-18-17-24-15-16-27(36-3)28(20-24)37-4)35-31(33-21)29(22(2)34-35)25-13-9-6-10-14-25/h5-16,20,32H,17-19H2,1-4H3. The normalized spacial score (nSPS) is 11.0. The summed E-state index contributed by atoms with van der Waals surface area (Å²) in [5.41, 5.74) is 8.56. The Hall–Kier alpha value is -4.32. The number of anilines is 1. The molecular formula is C31H32N4O2. The van der Waals surface area contributed by atoms with Gasteiger partial charge in [-0.3, -0.25) is 0 Å². The molecule has 6 heteroatoms. The summed E-state index contributed by atoms with van der Waals surface area (Å²) >= 11 is 0. The SMILES string of the molecule is COc1ccc(CCNc2c(Cc3ccccc3)c(C)nc3c(-c4ccccc4)c(C)nn23)cc1OC. The number of rotatable bonds is 9. The molecule has 0 unspecified atom stereocenters. The van der Waals surface area contributed by atoms with E-state index in [2.05, 4.69) is 73.8 Å². The molecule has 0 saturated heterocycles. The summed E-state index contributed by atoms with van der Waals surface area (Å²) < 4.78 is 12.9. The first-order valence-corrected chi connectivity index (χ1v) is 12.5. The van der Waals surface area contributed by atoms with Crippen LogP contribution in [-0.4, -0.2) is 35.4 Å². The van der Waals surface area contributed by atoms with E-state index in [0.29, 0.717) is 0 Å². The summed E-state index contributed by atoms with van der Waals surface area (Å²) in [6.07, 6.45) is 1.59. The smallest absolute Gasteiger partial charge is 0.165 e. The lowest BCUT2D eigenvalue weighted by Gasteiger charge is -2.17. The molecule has 2 heterocycles. The van der Waals surface area contributed by atoms with Gasteiger partial charge < -0.3 is 14.8 Å². The van der Waals surface area contributed by atoms with Gasteiger partial charge in [-0.15, -0.1) is 0 Å². The molecule has 0 atom stereocenters. The Kier molecular flexibility index (Phi) is 7.08. The number of aryl methyl sites for hydroxylation is 2. The quantitative estimate of drug-likeness (QED) is 0.263. The number of nitrogens with zero attached hydrogens (tertiary/aromatic N) is 3. The van der Waals surface area contributed by atoms with Crippen LogP contribution >= 0.6 is 0 Å². The fourth-order valence-corrected chi connectivity index (χ4v) is 4.80.